The molecule has 8 nitrogen and oxygen atoms in total. The van der Waals surface area contributed by atoms with Crippen molar-refractivity contribution in [1.29, 1.82) is 0 Å². The Bertz CT molecular complexity index is 1270. The van der Waals surface area contributed by atoms with E-state index in [1.54, 1.807) is 17.7 Å². The molecule has 1 N–H and O–H groups in total. The first-order valence-electron chi connectivity index (χ1n) is 11.3. The molecule has 2 fully saturated rings. The summed E-state index contributed by atoms with van der Waals surface area (Å²) in [5.74, 6) is 1.07. The van der Waals surface area contributed by atoms with Crippen LogP contribution in [0, 0.1) is 6.92 Å². The molecule has 0 spiro atoms. The summed E-state index contributed by atoms with van der Waals surface area (Å²) in [6, 6.07) is 11.3. The predicted molar refractivity (Wildman–Crippen MR) is 129 cm³/mol. The minimum Gasteiger partial charge on any atom is -0.378 e. The first-order chi connectivity index (χ1) is 16.0. The molecule has 0 unspecified atom stereocenters. The van der Waals surface area contributed by atoms with Gasteiger partial charge < -0.3 is 15.0 Å². The summed E-state index contributed by atoms with van der Waals surface area (Å²) in [7, 11) is 1.79. The Labute approximate surface area is 193 Å². The van der Waals surface area contributed by atoms with Gasteiger partial charge in [0.2, 0.25) is 0 Å². The number of benzene rings is 1. The van der Waals surface area contributed by atoms with Crippen LogP contribution in [0.2, 0.25) is 0 Å². The average molecular weight is 448 g/mol. The Morgan fingerprint density at radius 3 is 2.70 bits per heavy atom. The molecule has 3 aromatic rings. The van der Waals surface area contributed by atoms with Gasteiger partial charge in [-0.15, -0.1) is 0 Å². The first kappa shape index (κ1) is 21.3. The molecule has 0 atom stereocenters. The molecule has 0 bridgehead atoms. The maximum Gasteiger partial charge on any atom is 0.257 e. The maximum absolute atomic E-state index is 12.9. The number of aryl methyl sites for hydroxylation is 1. The van der Waals surface area contributed by atoms with Crippen molar-refractivity contribution >= 4 is 17.4 Å². The molecule has 2 aliphatic rings. The molecule has 1 saturated heterocycles. The molecule has 1 aromatic carbocycles. The van der Waals surface area contributed by atoms with Gasteiger partial charge in [0, 0.05) is 39.2 Å². The van der Waals surface area contributed by atoms with Gasteiger partial charge in [-0.3, -0.25) is 14.2 Å². The lowest BCUT2D eigenvalue weighted by atomic mass is 10.00. The maximum atomic E-state index is 12.9. The van der Waals surface area contributed by atoms with E-state index in [9.17, 15) is 9.59 Å². The number of amides is 1. The van der Waals surface area contributed by atoms with Crippen LogP contribution in [0.5, 0.6) is 0 Å². The molecule has 1 aliphatic heterocycles. The third-order valence-electron chi connectivity index (χ3n) is 6.31. The Kier molecular flexibility index (Phi) is 5.68. The lowest BCUT2D eigenvalue weighted by Crippen LogP contribution is -2.39. The van der Waals surface area contributed by atoms with Gasteiger partial charge in [0.1, 0.15) is 5.82 Å². The van der Waals surface area contributed by atoms with Crippen molar-refractivity contribution < 1.29 is 11.0 Å². The summed E-state index contributed by atoms with van der Waals surface area (Å²) in [5, 5.41) is 11.1. The van der Waals surface area contributed by atoms with Gasteiger partial charge in [-0.1, -0.05) is 6.07 Å². The summed E-state index contributed by atoms with van der Waals surface area (Å²) in [6.07, 6.45) is 3.69. The monoisotopic (exact) mass is 447 g/mol. The number of nitrogens with one attached hydrogen (secondary N) is 1. The highest BCUT2D eigenvalue weighted by Crippen LogP contribution is 2.38. The van der Waals surface area contributed by atoms with Crippen molar-refractivity contribution in [3.63, 3.8) is 0 Å². The molecule has 2 aromatic heterocycles. The fourth-order valence-electron chi connectivity index (χ4n) is 4.17. The van der Waals surface area contributed by atoms with Gasteiger partial charge in [-0.2, -0.15) is 10.2 Å². The summed E-state index contributed by atoms with van der Waals surface area (Å²) in [4.78, 5) is 27.8. The Morgan fingerprint density at radius 1 is 1.15 bits per heavy atom. The smallest absolute Gasteiger partial charge is 0.257 e. The van der Waals surface area contributed by atoms with Gasteiger partial charge in [0.15, 0.2) is 0 Å². The first-order valence-corrected chi connectivity index (χ1v) is 11.3. The van der Waals surface area contributed by atoms with Gasteiger partial charge in [0.25, 0.3) is 11.5 Å². The number of ether oxygens (including phenoxy) is 1. The molecule has 8 heteroatoms. The van der Waals surface area contributed by atoms with Crippen molar-refractivity contribution in [3.8, 4) is 11.1 Å². The molecule has 1 amide bonds. The quantitative estimate of drug-likeness (QED) is 0.645. The average Bonchev–Trinajstić information content (AvgIpc) is 3.68. The second-order valence-electron chi connectivity index (χ2n) is 8.73. The highest BCUT2D eigenvalue weighted by atomic mass is 16.5. The third-order valence-corrected chi connectivity index (χ3v) is 6.31. The summed E-state index contributed by atoms with van der Waals surface area (Å²) < 4.78 is 7.13. The zero-order valence-electron chi connectivity index (χ0n) is 18.9. The fraction of sp³-hybridized carbons (Fsp3) is 0.360. The Balaban J connectivity index is 0.00000274. The normalized spacial score (nSPS) is 16.0. The van der Waals surface area contributed by atoms with Crippen molar-refractivity contribution in [2.75, 3.05) is 36.5 Å². The van der Waals surface area contributed by atoms with Crippen LogP contribution < -0.4 is 15.8 Å². The molecule has 3 heterocycles. The van der Waals surface area contributed by atoms with Crippen molar-refractivity contribution in [2.45, 2.75) is 25.7 Å². The van der Waals surface area contributed by atoms with Crippen molar-refractivity contribution in [2.24, 2.45) is 7.05 Å². The molecule has 1 saturated carbocycles. The van der Waals surface area contributed by atoms with E-state index in [1.165, 1.54) is 6.20 Å². The van der Waals surface area contributed by atoms with E-state index in [-0.39, 0.29) is 12.9 Å². The van der Waals surface area contributed by atoms with Crippen LogP contribution in [0.3, 0.4) is 0 Å². The summed E-state index contributed by atoms with van der Waals surface area (Å²) in [6.45, 7) is 4.78. The van der Waals surface area contributed by atoms with E-state index in [0.29, 0.717) is 30.4 Å². The van der Waals surface area contributed by atoms with Crippen molar-refractivity contribution in [1.82, 2.24) is 14.8 Å². The number of rotatable bonds is 5. The molecular weight excluding hydrogens is 418 g/mol. The number of pyridine rings is 1. The van der Waals surface area contributed by atoms with Gasteiger partial charge >= 0.3 is 0 Å². The molecule has 5 rings (SSSR count). The van der Waals surface area contributed by atoms with Crippen molar-refractivity contribution in [3.05, 3.63) is 69.8 Å². The molecule has 172 valence electrons. The van der Waals surface area contributed by atoms with Crippen LogP contribution in [0.25, 0.3) is 11.1 Å². The minimum atomic E-state index is -0.223. The van der Waals surface area contributed by atoms with Crippen LogP contribution in [0.15, 0.2) is 47.4 Å². The van der Waals surface area contributed by atoms with E-state index in [1.807, 2.05) is 37.3 Å². The van der Waals surface area contributed by atoms with E-state index in [0.717, 1.165) is 54.1 Å². The highest BCUT2D eigenvalue weighted by Gasteiger charge is 2.26. The van der Waals surface area contributed by atoms with Gasteiger partial charge in [-0.25, -0.2) is 0 Å². The van der Waals surface area contributed by atoms with Gasteiger partial charge in [-0.05, 0) is 60.7 Å². The minimum absolute atomic E-state index is 0. The molecule has 1 aliphatic carbocycles. The molecular formula is C25H29N5O3. The predicted octanol–water partition coefficient (Wildman–Crippen LogP) is 3.36. The number of hydrogen-bond acceptors (Lipinski definition) is 6. The highest BCUT2D eigenvalue weighted by molar-refractivity contribution is 6.04. The molecule has 0 radical (unpaired) electrons. The lowest BCUT2D eigenvalue weighted by Gasteiger charge is -2.30. The molecule has 33 heavy (non-hydrogen) atoms. The number of nitrogens with zero attached hydrogens (tertiary/aromatic N) is 4. The van der Waals surface area contributed by atoms with Crippen LogP contribution >= 0.6 is 0 Å². The zero-order valence-corrected chi connectivity index (χ0v) is 18.9. The number of carbonyl (C=O) groups is 1. The van der Waals surface area contributed by atoms with Crippen LogP contribution in [-0.2, 0) is 11.8 Å². The van der Waals surface area contributed by atoms with E-state index in [2.05, 4.69) is 20.4 Å². The number of carbonyl (C=O) groups excluding carboxylic acids is 1. The fourth-order valence-corrected chi connectivity index (χ4v) is 4.17. The Morgan fingerprint density at radius 2 is 1.94 bits per heavy atom. The number of aromatic nitrogens is 3. The SMILES string of the molecule is Cc1ccc(NC(=O)c2cnnc(C3CC3)c2)cc1-c1cc(N2CCOCC2)n(C)c(=O)c1.[HH]. The topological polar surface area (TPSA) is 89.3 Å². The second kappa shape index (κ2) is 8.78. The number of anilines is 2. The second-order valence-corrected chi connectivity index (χ2v) is 8.73. The summed E-state index contributed by atoms with van der Waals surface area (Å²) >= 11 is 0. The van der Waals surface area contributed by atoms with E-state index in [4.69, 9.17) is 4.74 Å². The van der Waals surface area contributed by atoms with Crippen LogP contribution in [0.4, 0.5) is 11.5 Å². The van der Waals surface area contributed by atoms with Crippen LogP contribution in [-0.4, -0.2) is 47.0 Å². The third kappa shape index (κ3) is 4.52. The number of morpholine rings is 1. The van der Waals surface area contributed by atoms with Crippen LogP contribution in [0.1, 0.15) is 41.8 Å². The lowest BCUT2D eigenvalue weighted by molar-refractivity contribution is 0.102. The number of hydrogen-bond donors (Lipinski definition) is 1. The largest absolute Gasteiger partial charge is 0.378 e. The van der Waals surface area contributed by atoms with E-state index >= 15 is 0 Å². The van der Waals surface area contributed by atoms with Gasteiger partial charge in [0.05, 0.1) is 30.7 Å². The zero-order chi connectivity index (χ0) is 22.9. The summed E-state index contributed by atoms with van der Waals surface area (Å²) in [5.41, 5.74) is 4.73. The van der Waals surface area contributed by atoms with E-state index < -0.39 is 0 Å². The standard InChI is InChI=1S/C25H27N5O3.H2/c1-16-3-6-20(27-25(32)19-11-22(17-4-5-17)28-26-15-19)14-21(16)18-12-23(29(2)24(31)13-18)30-7-9-33-10-8-30;/h3,6,11-15,17H,4-5,7-10H2,1-2H3,(H,27,32);1H. The Hall–Kier alpha value is -3.52.